The SMILES string of the molecule is O=C1C[C@H](c2ccc(O)cc2)c2sc(N3CCCCC3)nc2N1. The lowest BCUT2D eigenvalue weighted by molar-refractivity contribution is -0.116. The highest BCUT2D eigenvalue weighted by Crippen LogP contribution is 2.43. The number of nitrogens with zero attached hydrogens (tertiary/aromatic N) is 2. The van der Waals surface area contributed by atoms with Crippen molar-refractivity contribution in [3.63, 3.8) is 0 Å². The van der Waals surface area contributed by atoms with Crippen LogP contribution in [-0.4, -0.2) is 29.1 Å². The molecule has 23 heavy (non-hydrogen) atoms. The van der Waals surface area contributed by atoms with Crippen molar-refractivity contribution in [1.29, 1.82) is 0 Å². The predicted octanol–water partition coefficient (Wildman–Crippen LogP) is 3.31. The van der Waals surface area contributed by atoms with Gasteiger partial charge < -0.3 is 15.3 Å². The predicted molar refractivity (Wildman–Crippen MR) is 91.4 cm³/mol. The fourth-order valence-corrected chi connectivity index (χ4v) is 4.50. The van der Waals surface area contributed by atoms with Crippen LogP contribution >= 0.6 is 11.3 Å². The van der Waals surface area contributed by atoms with Crippen LogP contribution in [0.5, 0.6) is 5.75 Å². The zero-order chi connectivity index (χ0) is 15.8. The fraction of sp³-hybridized carbons (Fsp3) is 0.412. The Kier molecular flexibility index (Phi) is 3.69. The first-order valence-electron chi connectivity index (χ1n) is 8.05. The Morgan fingerprint density at radius 2 is 1.91 bits per heavy atom. The van der Waals surface area contributed by atoms with E-state index in [1.807, 2.05) is 12.1 Å². The number of carbonyl (C=O) groups excluding carboxylic acids is 1. The van der Waals surface area contributed by atoms with Crippen LogP contribution in [0.3, 0.4) is 0 Å². The second-order valence-corrected chi connectivity index (χ2v) is 7.16. The Balaban J connectivity index is 1.69. The zero-order valence-electron chi connectivity index (χ0n) is 12.8. The molecule has 0 unspecified atom stereocenters. The van der Waals surface area contributed by atoms with Gasteiger partial charge in [-0.15, -0.1) is 0 Å². The van der Waals surface area contributed by atoms with E-state index in [-0.39, 0.29) is 17.6 Å². The Labute approximate surface area is 139 Å². The summed E-state index contributed by atoms with van der Waals surface area (Å²) in [7, 11) is 0. The van der Waals surface area contributed by atoms with Gasteiger partial charge in [0.2, 0.25) is 5.91 Å². The summed E-state index contributed by atoms with van der Waals surface area (Å²) in [6.07, 6.45) is 4.13. The second kappa shape index (κ2) is 5.85. The van der Waals surface area contributed by atoms with Gasteiger partial charge in [0.05, 0.1) is 4.88 Å². The van der Waals surface area contributed by atoms with Gasteiger partial charge in [-0.1, -0.05) is 23.5 Å². The fourth-order valence-electron chi connectivity index (χ4n) is 3.30. The quantitative estimate of drug-likeness (QED) is 0.887. The molecular weight excluding hydrogens is 310 g/mol. The van der Waals surface area contributed by atoms with Gasteiger partial charge in [-0.2, -0.15) is 0 Å². The highest BCUT2D eigenvalue weighted by atomic mass is 32.1. The van der Waals surface area contributed by atoms with Crippen LogP contribution in [0.4, 0.5) is 10.9 Å². The molecule has 1 aromatic carbocycles. The number of fused-ring (bicyclic) bond motifs is 1. The van der Waals surface area contributed by atoms with E-state index in [1.54, 1.807) is 23.5 Å². The molecule has 1 aromatic heterocycles. The number of amides is 1. The van der Waals surface area contributed by atoms with Crippen LogP contribution < -0.4 is 10.2 Å². The van der Waals surface area contributed by atoms with Gasteiger partial charge in [0.1, 0.15) is 11.6 Å². The number of carbonyl (C=O) groups is 1. The molecule has 0 spiro atoms. The molecule has 1 fully saturated rings. The van der Waals surface area contributed by atoms with Gasteiger partial charge in [0, 0.05) is 25.4 Å². The largest absolute Gasteiger partial charge is 0.508 e. The number of benzene rings is 1. The molecule has 0 radical (unpaired) electrons. The number of rotatable bonds is 2. The van der Waals surface area contributed by atoms with Crippen molar-refractivity contribution in [1.82, 2.24) is 4.98 Å². The molecule has 0 saturated carbocycles. The van der Waals surface area contributed by atoms with Crippen LogP contribution in [0.25, 0.3) is 0 Å². The number of thiazole rings is 1. The van der Waals surface area contributed by atoms with Gasteiger partial charge in [0.25, 0.3) is 0 Å². The molecule has 2 N–H and O–H groups in total. The molecule has 0 bridgehead atoms. The average Bonchev–Trinajstić information content (AvgIpc) is 2.99. The smallest absolute Gasteiger partial charge is 0.226 e. The molecule has 0 aliphatic carbocycles. The second-order valence-electron chi connectivity index (χ2n) is 6.15. The monoisotopic (exact) mass is 329 g/mol. The van der Waals surface area contributed by atoms with Crippen molar-refractivity contribution in [2.75, 3.05) is 23.3 Å². The maximum Gasteiger partial charge on any atom is 0.226 e. The lowest BCUT2D eigenvalue weighted by atomic mass is 9.91. The van der Waals surface area contributed by atoms with Crippen LogP contribution in [0.1, 0.15) is 42.0 Å². The molecule has 2 aliphatic rings. The van der Waals surface area contributed by atoms with E-state index in [0.29, 0.717) is 12.2 Å². The summed E-state index contributed by atoms with van der Waals surface area (Å²) < 4.78 is 0. The van der Waals surface area contributed by atoms with E-state index in [1.165, 1.54) is 19.3 Å². The molecule has 3 heterocycles. The summed E-state index contributed by atoms with van der Waals surface area (Å²) >= 11 is 1.69. The Bertz CT molecular complexity index is 720. The summed E-state index contributed by atoms with van der Waals surface area (Å²) in [6, 6.07) is 7.13. The summed E-state index contributed by atoms with van der Waals surface area (Å²) in [5.41, 5.74) is 1.05. The lowest BCUT2D eigenvalue weighted by Gasteiger charge is -2.25. The normalized spacial score (nSPS) is 21.0. The minimum atomic E-state index is 0.00562. The van der Waals surface area contributed by atoms with E-state index >= 15 is 0 Å². The van der Waals surface area contributed by atoms with Crippen molar-refractivity contribution in [3.05, 3.63) is 34.7 Å². The Morgan fingerprint density at radius 1 is 1.17 bits per heavy atom. The number of aromatic nitrogens is 1. The molecule has 4 rings (SSSR count). The summed E-state index contributed by atoms with van der Waals surface area (Å²) in [4.78, 5) is 20.2. The van der Waals surface area contributed by atoms with E-state index in [9.17, 15) is 9.90 Å². The van der Waals surface area contributed by atoms with Gasteiger partial charge in [-0.3, -0.25) is 4.79 Å². The maximum atomic E-state index is 12.1. The molecular formula is C17H19N3O2S. The molecule has 1 amide bonds. The van der Waals surface area contributed by atoms with Gasteiger partial charge >= 0.3 is 0 Å². The number of phenols is 1. The van der Waals surface area contributed by atoms with Crippen molar-refractivity contribution in [2.45, 2.75) is 31.6 Å². The first-order chi connectivity index (χ1) is 11.2. The van der Waals surface area contributed by atoms with Crippen molar-refractivity contribution >= 4 is 28.2 Å². The summed E-state index contributed by atoms with van der Waals surface area (Å²) in [5.74, 6) is 0.985. The molecule has 6 heteroatoms. The average molecular weight is 329 g/mol. The topological polar surface area (TPSA) is 65.5 Å². The molecule has 120 valence electrons. The van der Waals surface area contributed by atoms with Gasteiger partial charge in [0.15, 0.2) is 5.13 Å². The van der Waals surface area contributed by atoms with E-state index in [4.69, 9.17) is 0 Å². The Morgan fingerprint density at radius 3 is 2.65 bits per heavy atom. The van der Waals surface area contributed by atoms with Crippen molar-refractivity contribution in [2.24, 2.45) is 0 Å². The standard InChI is InChI=1S/C17H19N3O2S/c21-12-6-4-11(5-7-12)13-10-14(22)18-16-15(13)23-17(19-16)20-8-2-1-3-9-20/h4-7,13,21H,1-3,8-10H2,(H,18,22)/t13-/m1/s1. The maximum absolute atomic E-state index is 12.1. The highest BCUT2D eigenvalue weighted by molar-refractivity contribution is 7.16. The third kappa shape index (κ3) is 2.79. The van der Waals surface area contributed by atoms with Crippen molar-refractivity contribution in [3.8, 4) is 5.75 Å². The van der Waals surface area contributed by atoms with Crippen molar-refractivity contribution < 1.29 is 9.90 Å². The molecule has 2 aliphatic heterocycles. The number of hydrogen-bond acceptors (Lipinski definition) is 5. The third-order valence-electron chi connectivity index (χ3n) is 4.53. The summed E-state index contributed by atoms with van der Waals surface area (Å²) in [6.45, 7) is 2.09. The van der Waals surface area contributed by atoms with Crippen LogP contribution in [0.15, 0.2) is 24.3 Å². The number of hydrogen-bond donors (Lipinski definition) is 2. The number of anilines is 2. The number of nitrogens with one attached hydrogen (secondary N) is 1. The third-order valence-corrected chi connectivity index (χ3v) is 5.76. The van der Waals surface area contributed by atoms with Gasteiger partial charge in [-0.05, 0) is 37.0 Å². The molecule has 2 aromatic rings. The van der Waals surface area contributed by atoms with Crippen LogP contribution in [-0.2, 0) is 4.79 Å². The molecule has 5 nitrogen and oxygen atoms in total. The Hall–Kier alpha value is -2.08. The first-order valence-corrected chi connectivity index (χ1v) is 8.87. The molecule has 1 saturated heterocycles. The highest BCUT2D eigenvalue weighted by Gasteiger charge is 2.31. The van der Waals surface area contributed by atoms with E-state index < -0.39 is 0 Å². The van der Waals surface area contributed by atoms with Gasteiger partial charge in [-0.25, -0.2) is 4.98 Å². The minimum Gasteiger partial charge on any atom is -0.508 e. The number of phenolic OH excluding ortho intramolecular Hbond substituents is 1. The number of piperidine rings is 1. The number of aromatic hydroxyl groups is 1. The summed E-state index contributed by atoms with van der Waals surface area (Å²) in [5, 5.41) is 13.4. The van der Waals surface area contributed by atoms with E-state index in [0.717, 1.165) is 28.7 Å². The molecule has 1 atom stereocenters. The van der Waals surface area contributed by atoms with E-state index in [2.05, 4.69) is 15.2 Å². The first kappa shape index (κ1) is 14.5. The van der Waals surface area contributed by atoms with Crippen LogP contribution in [0, 0.1) is 0 Å². The minimum absolute atomic E-state index is 0.00562. The zero-order valence-corrected chi connectivity index (χ0v) is 13.6. The van der Waals surface area contributed by atoms with Crippen LogP contribution in [0.2, 0.25) is 0 Å². The lowest BCUT2D eigenvalue weighted by Crippen LogP contribution is -2.29.